The molecule has 0 radical (unpaired) electrons. The molecule has 0 saturated carbocycles. The summed E-state index contributed by atoms with van der Waals surface area (Å²) in [6, 6.07) is 0. The van der Waals surface area contributed by atoms with E-state index in [1.165, 1.54) is 5.69 Å². The summed E-state index contributed by atoms with van der Waals surface area (Å²) in [7, 11) is 0. The van der Waals surface area contributed by atoms with Crippen molar-refractivity contribution in [1.82, 2.24) is 20.2 Å². The van der Waals surface area contributed by atoms with Gasteiger partial charge in [0.05, 0.1) is 5.69 Å². The fourth-order valence-corrected chi connectivity index (χ4v) is 2.65. The molecule has 5 nitrogen and oxygen atoms in total. The van der Waals surface area contributed by atoms with Crippen LogP contribution in [0.1, 0.15) is 44.9 Å². The highest BCUT2D eigenvalue weighted by atomic mass is 16.1. The Balaban J connectivity index is 2.15. The van der Waals surface area contributed by atoms with Crippen LogP contribution < -0.4 is 10.6 Å². The van der Waals surface area contributed by atoms with Crippen LogP contribution in [0.2, 0.25) is 0 Å². The number of carbonyl (C=O) groups is 1. The van der Waals surface area contributed by atoms with E-state index in [4.69, 9.17) is 4.98 Å². The molecule has 0 bridgehead atoms. The molecule has 0 aromatic carbocycles. The second kappa shape index (κ2) is 7.07. The average molecular weight is 292 g/mol. The topological polar surface area (TPSA) is 59.0 Å². The van der Waals surface area contributed by atoms with Gasteiger partial charge in [-0.3, -0.25) is 4.79 Å². The van der Waals surface area contributed by atoms with Gasteiger partial charge < -0.3 is 15.2 Å². The first-order chi connectivity index (χ1) is 9.97. The van der Waals surface area contributed by atoms with Crippen molar-refractivity contribution in [2.75, 3.05) is 13.1 Å². The van der Waals surface area contributed by atoms with Crippen molar-refractivity contribution in [2.45, 2.75) is 53.6 Å². The first kappa shape index (κ1) is 16.0. The lowest BCUT2D eigenvalue weighted by molar-refractivity contribution is -0.121. The van der Waals surface area contributed by atoms with Crippen molar-refractivity contribution in [2.24, 2.45) is 11.8 Å². The smallest absolute Gasteiger partial charge is 0.240 e. The Morgan fingerprint density at radius 2 is 2.10 bits per heavy atom. The lowest BCUT2D eigenvalue weighted by Gasteiger charge is -2.17. The standard InChI is InChI=1S/C16H28N4O/c1-11(2)7-15-19-13-9-17-6-5-14(13)20(15)10-16(21)18-8-12(3)4/h11-12,17H,5-10H2,1-4H3,(H,18,21). The van der Waals surface area contributed by atoms with Crippen molar-refractivity contribution < 1.29 is 4.79 Å². The van der Waals surface area contributed by atoms with Crippen LogP contribution in [0.25, 0.3) is 0 Å². The Labute approximate surface area is 127 Å². The summed E-state index contributed by atoms with van der Waals surface area (Å²) < 4.78 is 2.14. The number of aromatic nitrogens is 2. The maximum Gasteiger partial charge on any atom is 0.240 e. The van der Waals surface area contributed by atoms with Crippen molar-refractivity contribution in [3.8, 4) is 0 Å². The normalized spacial score (nSPS) is 14.6. The molecular formula is C16H28N4O. The molecule has 21 heavy (non-hydrogen) atoms. The van der Waals surface area contributed by atoms with Gasteiger partial charge in [0, 0.05) is 38.2 Å². The largest absolute Gasteiger partial charge is 0.354 e. The van der Waals surface area contributed by atoms with Crippen LogP contribution in [0.15, 0.2) is 0 Å². The number of carbonyl (C=O) groups excluding carboxylic acids is 1. The molecule has 1 aromatic heterocycles. The monoisotopic (exact) mass is 292 g/mol. The molecule has 2 heterocycles. The first-order valence-corrected chi connectivity index (χ1v) is 8.02. The number of amides is 1. The third-order valence-corrected chi connectivity index (χ3v) is 3.67. The summed E-state index contributed by atoms with van der Waals surface area (Å²) in [5.41, 5.74) is 2.36. The van der Waals surface area contributed by atoms with E-state index in [2.05, 4.69) is 42.9 Å². The zero-order valence-corrected chi connectivity index (χ0v) is 13.7. The number of imidazole rings is 1. The fourth-order valence-electron chi connectivity index (χ4n) is 2.65. The zero-order chi connectivity index (χ0) is 15.4. The molecular weight excluding hydrogens is 264 g/mol. The van der Waals surface area contributed by atoms with Crippen LogP contribution >= 0.6 is 0 Å². The number of hydrogen-bond acceptors (Lipinski definition) is 3. The van der Waals surface area contributed by atoms with Crippen LogP contribution in [-0.2, 0) is 30.7 Å². The molecule has 1 amide bonds. The molecule has 0 aliphatic carbocycles. The van der Waals surface area contributed by atoms with Gasteiger partial charge in [0.15, 0.2) is 0 Å². The number of fused-ring (bicyclic) bond motifs is 1. The first-order valence-electron chi connectivity index (χ1n) is 8.02. The minimum Gasteiger partial charge on any atom is -0.354 e. The van der Waals surface area contributed by atoms with E-state index < -0.39 is 0 Å². The van der Waals surface area contributed by atoms with Gasteiger partial charge >= 0.3 is 0 Å². The van der Waals surface area contributed by atoms with Gasteiger partial charge in [-0.1, -0.05) is 27.7 Å². The molecule has 0 unspecified atom stereocenters. The van der Waals surface area contributed by atoms with Gasteiger partial charge in [0.1, 0.15) is 12.4 Å². The quantitative estimate of drug-likeness (QED) is 0.835. The molecule has 2 rings (SSSR count). The Morgan fingerprint density at radius 3 is 2.76 bits per heavy atom. The summed E-state index contributed by atoms with van der Waals surface area (Å²) in [5.74, 6) is 2.16. The SMILES string of the molecule is CC(C)CNC(=O)Cn1c(CC(C)C)nc2c1CCNC2. The Hall–Kier alpha value is -1.36. The van der Waals surface area contributed by atoms with Crippen LogP contribution in [0, 0.1) is 11.8 Å². The molecule has 1 aliphatic heterocycles. The van der Waals surface area contributed by atoms with E-state index in [1.54, 1.807) is 0 Å². The molecule has 0 saturated heterocycles. The van der Waals surface area contributed by atoms with Crippen molar-refractivity contribution >= 4 is 5.91 Å². The van der Waals surface area contributed by atoms with Crippen LogP contribution in [0.5, 0.6) is 0 Å². The number of nitrogens with zero attached hydrogens (tertiary/aromatic N) is 2. The predicted octanol–water partition coefficient (Wildman–Crippen LogP) is 1.50. The lowest BCUT2D eigenvalue weighted by Crippen LogP contribution is -2.32. The predicted molar refractivity (Wildman–Crippen MR) is 84.0 cm³/mol. The van der Waals surface area contributed by atoms with E-state index in [-0.39, 0.29) is 5.91 Å². The molecule has 118 valence electrons. The summed E-state index contributed by atoms with van der Waals surface area (Å²) in [4.78, 5) is 16.9. The van der Waals surface area contributed by atoms with E-state index in [0.717, 1.165) is 44.0 Å². The molecule has 0 atom stereocenters. The van der Waals surface area contributed by atoms with E-state index >= 15 is 0 Å². The summed E-state index contributed by atoms with van der Waals surface area (Å²) in [5, 5.41) is 6.36. The van der Waals surface area contributed by atoms with Crippen molar-refractivity contribution in [1.29, 1.82) is 0 Å². The summed E-state index contributed by atoms with van der Waals surface area (Å²) in [6.07, 6.45) is 1.88. The maximum absolute atomic E-state index is 12.2. The molecule has 0 fully saturated rings. The molecule has 0 spiro atoms. The average Bonchev–Trinajstić information content (AvgIpc) is 2.74. The van der Waals surface area contributed by atoms with Crippen LogP contribution in [-0.4, -0.2) is 28.5 Å². The minimum atomic E-state index is 0.0902. The van der Waals surface area contributed by atoms with E-state index in [0.29, 0.717) is 18.4 Å². The van der Waals surface area contributed by atoms with Crippen molar-refractivity contribution in [3.63, 3.8) is 0 Å². The third-order valence-electron chi connectivity index (χ3n) is 3.67. The third kappa shape index (κ3) is 4.30. The minimum absolute atomic E-state index is 0.0902. The second-order valence-corrected chi connectivity index (χ2v) is 6.73. The van der Waals surface area contributed by atoms with Crippen LogP contribution in [0.4, 0.5) is 0 Å². The lowest BCUT2D eigenvalue weighted by atomic mass is 10.1. The number of hydrogen-bond donors (Lipinski definition) is 2. The van der Waals surface area contributed by atoms with Gasteiger partial charge in [0.2, 0.25) is 5.91 Å². The zero-order valence-electron chi connectivity index (χ0n) is 13.7. The molecule has 1 aromatic rings. The molecule has 1 aliphatic rings. The van der Waals surface area contributed by atoms with E-state index in [9.17, 15) is 4.79 Å². The molecule has 2 N–H and O–H groups in total. The number of nitrogens with one attached hydrogen (secondary N) is 2. The van der Waals surface area contributed by atoms with Gasteiger partial charge in [0.25, 0.3) is 0 Å². The van der Waals surface area contributed by atoms with Crippen molar-refractivity contribution in [3.05, 3.63) is 17.2 Å². The Morgan fingerprint density at radius 1 is 1.33 bits per heavy atom. The highest BCUT2D eigenvalue weighted by molar-refractivity contribution is 5.75. The maximum atomic E-state index is 12.2. The van der Waals surface area contributed by atoms with E-state index in [1.807, 2.05) is 0 Å². The highest BCUT2D eigenvalue weighted by Crippen LogP contribution is 2.18. The Kier molecular flexibility index (Phi) is 5.39. The fraction of sp³-hybridized carbons (Fsp3) is 0.750. The van der Waals surface area contributed by atoms with Gasteiger partial charge in [-0.2, -0.15) is 0 Å². The summed E-state index contributed by atoms with van der Waals surface area (Å²) in [6.45, 7) is 11.5. The Bertz CT molecular complexity index is 491. The molecule has 5 heteroatoms. The summed E-state index contributed by atoms with van der Waals surface area (Å²) >= 11 is 0. The van der Waals surface area contributed by atoms with Gasteiger partial charge in [-0.15, -0.1) is 0 Å². The number of rotatable bonds is 6. The van der Waals surface area contributed by atoms with Gasteiger partial charge in [-0.05, 0) is 11.8 Å². The van der Waals surface area contributed by atoms with Crippen LogP contribution in [0.3, 0.4) is 0 Å². The van der Waals surface area contributed by atoms with Gasteiger partial charge in [-0.25, -0.2) is 4.98 Å². The highest BCUT2D eigenvalue weighted by Gasteiger charge is 2.21. The second-order valence-electron chi connectivity index (χ2n) is 6.73.